The Morgan fingerprint density at radius 2 is 0.886 bits per heavy atom. The maximum Gasteiger partial charge on any atom is 0.104 e. The van der Waals surface area contributed by atoms with E-state index in [1.54, 1.807) is 0 Å². The smallest absolute Gasteiger partial charge is 0.104 e. The van der Waals surface area contributed by atoms with Gasteiger partial charge in [0, 0.05) is 5.56 Å². The summed E-state index contributed by atoms with van der Waals surface area (Å²) in [5, 5.41) is 0. The van der Waals surface area contributed by atoms with Gasteiger partial charge in [0.1, 0.15) is 6.54 Å². The summed E-state index contributed by atoms with van der Waals surface area (Å²) in [6, 6.07) is 11.3. The van der Waals surface area contributed by atoms with Crippen LogP contribution in [0.1, 0.15) is 123 Å². The lowest BCUT2D eigenvalue weighted by Crippen LogP contribution is -2.49. The highest BCUT2D eigenvalue weighted by molar-refractivity contribution is 5.13. The van der Waals surface area contributed by atoms with Crippen molar-refractivity contribution in [3.8, 4) is 0 Å². The molecule has 1 aromatic rings. The average Bonchev–Trinajstić information content (AvgIpc) is 2.88. The summed E-state index contributed by atoms with van der Waals surface area (Å²) in [5.74, 6) is 0. The quantitative estimate of drug-likeness (QED) is 0.0829. The molecule has 0 aliphatic carbocycles. The molecule has 1 heteroatoms. The first kappa shape index (κ1) is 31.4. The molecule has 0 aliphatic heterocycles. The first-order valence-corrected chi connectivity index (χ1v) is 15.1. The van der Waals surface area contributed by atoms with Gasteiger partial charge in [0.25, 0.3) is 0 Å². The lowest BCUT2D eigenvalue weighted by molar-refractivity contribution is -0.941. The van der Waals surface area contributed by atoms with Crippen molar-refractivity contribution < 1.29 is 4.48 Å². The van der Waals surface area contributed by atoms with E-state index in [2.05, 4.69) is 87.6 Å². The van der Waals surface area contributed by atoms with E-state index in [0.717, 1.165) is 0 Å². The second-order valence-corrected chi connectivity index (χ2v) is 10.3. The Morgan fingerprint density at radius 1 is 0.486 bits per heavy atom. The SMILES string of the molecule is CC/C=C/CCCCC[N+](CCCCC/C=C/CC)(CCCCC/C=C/CC)Cc1ccccc1. The molecule has 0 saturated heterocycles. The summed E-state index contributed by atoms with van der Waals surface area (Å²) in [7, 11) is 0. The lowest BCUT2D eigenvalue weighted by atomic mass is 10.1. The van der Waals surface area contributed by atoms with Gasteiger partial charge in [-0.25, -0.2) is 0 Å². The van der Waals surface area contributed by atoms with Crippen molar-refractivity contribution in [1.82, 2.24) is 0 Å². The third-order valence-corrected chi connectivity index (χ3v) is 7.08. The van der Waals surface area contributed by atoms with E-state index < -0.39 is 0 Å². The molecule has 1 nitrogen and oxygen atoms in total. The summed E-state index contributed by atoms with van der Waals surface area (Å²) >= 11 is 0. The molecule has 0 heterocycles. The van der Waals surface area contributed by atoms with Gasteiger partial charge in [-0.2, -0.15) is 0 Å². The Hall–Kier alpha value is -1.60. The fraction of sp³-hybridized carbons (Fsp3) is 0.647. The minimum atomic E-state index is 1.17. The molecule has 1 aromatic carbocycles. The predicted octanol–water partition coefficient (Wildman–Crippen LogP) is 10.6. The van der Waals surface area contributed by atoms with Gasteiger partial charge in [0.2, 0.25) is 0 Å². The van der Waals surface area contributed by atoms with Crippen molar-refractivity contribution in [3.05, 3.63) is 72.4 Å². The number of hydrogen-bond donors (Lipinski definition) is 0. The molecular formula is C34H58N+. The molecule has 0 unspecified atom stereocenters. The van der Waals surface area contributed by atoms with Crippen LogP contribution >= 0.6 is 0 Å². The Morgan fingerprint density at radius 3 is 1.26 bits per heavy atom. The van der Waals surface area contributed by atoms with Crippen LogP contribution in [-0.2, 0) is 6.54 Å². The minimum absolute atomic E-state index is 1.17. The number of rotatable bonds is 23. The van der Waals surface area contributed by atoms with Crippen molar-refractivity contribution in [3.63, 3.8) is 0 Å². The van der Waals surface area contributed by atoms with Crippen LogP contribution in [0.15, 0.2) is 66.8 Å². The molecule has 0 spiro atoms. The fourth-order valence-electron chi connectivity index (χ4n) is 5.06. The van der Waals surface area contributed by atoms with E-state index in [1.165, 1.54) is 133 Å². The largest absolute Gasteiger partial charge is 0.320 e. The number of nitrogens with zero attached hydrogens (tertiary/aromatic N) is 1. The number of unbranched alkanes of at least 4 members (excludes halogenated alkanes) is 9. The molecule has 0 atom stereocenters. The monoisotopic (exact) mass is 480 g/mol. The Kier molecular flexibility index (Phi) is 20.5. The normalized spacial score (nSPS) is 12.5. The van der Waals surface area contributed by atoms with Crippen molar-refractivity contribution >= 4 is 0 Å². The van der Waals surface area contributed by atoms with Gasteiger partial charge < -0.3 is 4.48 Å². The Balaban J connectivity index is 2.74. The molecule has 0 bridgehead atoms. The minimum Gasteiger partial charge on any atom is -0.320 e. The molecule has 0 fully saturated rings. The van der Waals surface area contributed by atoms with Crippen LogP contribution in [0.25, 0.3) is 0 Å². The van der Waals surface area contributed by atoms with Crippen molar-refractivity contribution in [1.29, 1.82) is 0 Å². The molecule has 0 saturated carbocycles. The Labute approximate surface area is 220 Å². The number of benzene rings is 1. The summed E-state index contributed by atoms with van der Waals surface area (Å²) < 4.78 is 1.30. The highest BCUT2D eigenvalue weighted by atomic mass is 15.3. The third kappa shape index (κ3) is 17.5. The number of hydrogen-bond acceptors (Lipinski definition) is 0. The third-order valence-electron chi connectivity index (χ3n) is 7.08. The second kappa shape index (κ2) is 22.8. The van der Waals surface area contributed by atoms with E-state index in [1.807, 2.05) is 0 Å². The zero-order chi connectivity index (χ0) is 25.3. The second-order valence-electron chi connectivity index (χ2n) is 10.3. The van der Waals surface area contributed by atoms with Gasteiger partial charge in [-0.15, -0.1) is 0 Å². The van der Waals surface area contributed by atoms with Crippen molar-refractivity contribution in [2.75, 3.05) is 19.6 Å². The molecule has 0 radical (unpaired) electrons. The van der Waals surface area contributed by atoms with E-state index in [0.29, 0.717) is 0 Å². The zero-order valence-corrected chi connectivity index (χ0v) is 23.7. The molecule has 0 amide bonds. The molecule has 0 aliphatic rings. The fourth-order valence-corrected chi connectivity index (χ4v) is 5.06. The predicted molar refractivity (Wildman–Crippen MR) is 159 cm³/mol. The molecule has 0 N–H and O–H groups in total. The molecule has 1 rings (SSSR count). The summed E-state index contributed by atoms with van der Waals surface area (Å²) in [4.78, 5) is 0. The molecular weight excluding hydrogens is 422 g/mol. The maximum absolute atomic E-state index is 2.38. The van der Waals surface area contributed by atoms with Gasteiger partial charge >= 0.3 is 0 Å². The van der Waals surface area contributed by atoms with Crippen LogP contribution in [0.2, 0.25) is 0 Å². The number of allylic oxidation sites excluding steroid dienone is 6. The van der Waals surface area contributed by atoms with Crippen LogP contribution in [0.4, 0.5) is 0 Å². The molecule has 0 aromatic heterocycles. The van der Waals surface area contributed by atoms with E-state index >= 15 is 0 Å². The van der Waals surface area contributed by atoms with E-state index in [9.17, 15) is 0 Å². The van der Waals surface area contributed by atoms with Gasteiger partial charge in [-0.05, 0) is 96.3 Å². The van der Waals surface area contributed by atoms with Crippen LogP contribution in [0, 0.1) is 0 Å². The van der Waals surface area contributed by atoms with Gasteiger partial charge in [0.15, 0.2) is 0 Å². The van der Waals surface area contributed by atoms with E-state index in [-0.39, 0.29) is 0 Å². The maximum atomic E-state index is 2.38. The Bertz CT molecular complexity index is 595. The van der Waals surface area contributed by atoms with Crippen molar-refractivity contribution in [2.45, 2.75) is 124 Å². The summed E-state index contributed by atoms with van der Waals surface area (Å²) in [6.07, 6.45) is 33.6. The van der Waals surface area contributed by atoms with Gasteiger partial charge in [-0.1, -0.05) is 87.6 Å². The first-order valence-electron chi connectivity index (χ1n) is 15.1. The topological polar surface area (TPSA) is 0 Å². The van der Waals surface area contributed by atoms with Crippen LogP contribution < -0.4 is 0 Å². The first-order chi connectivity index (χ1) is 17.3. The summed E-state index contributed by atoms with van der Waals surface area (Å²) in [5.41, 5.74) is 1.52. The van der Waals surface area contributed by atoms with E-state index in [4.69, 9.17) is 0 Å². The van der Waals surface area contributed by atoms with Gasteiger partial charge in [-0.3, -0.25) is 0 Å². The summed E-state index contributed by atoms with van der Waals surface area (Å²) in [6.45, 7) is 11.9. The average molecular weight is 481 g/mol. The van der Waals surface area contributed by atoms with Crippen molar-refractivity contribution in [2.24, 2.45) is 0 Å². The number of quaternary nitrogens is 1. The van der Waals surface area contributed by atoms with Crippen LogP contribution in [0.3, 0.4) is 0 Å². The van der Waals surface area contributed by atoms with Crippen LogP contribution in [0.5, 0.6) is 0 Å². The molecule has 198 valence electrons. The van der Waals surface area contributed by atoms with Gasteiger partial charge in [0.05, 0.1) is 19.6 Å². The standard InChI is InChI=1S/C34H58N/c1-4-7-10-13-16-19-25-30-35(33-34-28-23-22-24-29-34,31-26-20-17-14-11-8-5-2)32-27-21-18-15-12-9-6-3/h7-12,22-24,28-29H,4-6,13-21,25-27,30-33H2,1-3H3/q+1/b10-7+,11-8+,12-9+. The highest BCUT2D eigenvalue weighted by Gasteiger charge is 2.26. The van der Waals surface area contributed by atoms with Crippen LogP contribution in [-0.4, -0.2) is 24.1 Å². The lowest BCUT2D eigenvalue weighted by Gasteiger charge is -2.39. The zero-order valence-electron chi connectivity index (χ0n) is 23.7. The highest BCUT2D eigenvalue weighted by Crippen LogP contribution is 2.22. The molecule has 35 heavy (non-hydrogen) atoms.